The van der Waals surface area contributed by atoms with Crippen LogP contribution in [0.4, 0.5) is 0 Å². The van der Waals surface area contributed by atoms with Crippen LogP contribution in [0, 0.1) is 27.7 Å². The van der Waals surface area contributed by atoms with Gasteiger partial charge in [-0.1, -0.05) is 53.6 Å². The zero-order valence-corrected chi connectivity index (χ0v) is 16.9. The van der Waals surface area contributed by atoms with E-state index in [0.717, 1.165) is 31.8 Å². The van der Waals surface area contributed by atoms with Crippen molar-refractivity contribution in [3.63, 3.8) is 0 Å². The minimum Gasteiger partial charge on any atom is -0.294 e. The van der Waals surface area contributed by atoms with E-state index in [1.807, 2.05) is 12.1 Å². The third-order valence-electron chi connectivity index (χ3n) is 4.95. The molecule has 0 amide bonds. The first-order valence-corrected chi connectivity index (χ1v) is 9.87. The van der Waals surface area contributed by atoms with Crippen LogP contribution >= 0.6 is 11.3 Å². The van der Waals surface area contributed by atoms with Crippen molar-refractivity contribution < 1.29 is 0 Å². The van der Waals surface area contributed by atoms with Crippen LogP contribution in [0.5, 0.6) is 0 Å². The van der Waals surface area contributed by atoms with E-state index in [4.69, 9.17) is 0 Å². The molecule has 0 unspecified atom stereocenters. The number of fused-ring (bicyclic) bond motifs is 1. The van der Waals surface area contributed by atoms with E-state index in [9.17, 15) is 4.79 Å². The molecule has 0 aliphatic rings. The van der Waals surface area contributed by atoms with Gasteiger partial charge in [0.25, 0.3) is 5.56 Å². The summed E-state index contributed by atoms with van der Waals surface area (Å²) in [7, 11) is 0. The van der Waals surface area contributed by atoms with Gasteiger partial charge in [-0.3, -0.25) is 9.36 Å². The molecule has 0 spiro atoms. The van der Waals surface area contributed by atoms with Gasteiger partial charge < -0.3 is 0 Å². The summed E-state index contributed by atoms with van der Waals surface area (Å²) in [4.78, 5) is 19.9. The first-order chi connectivity index (χ1) is 12.9. The molecular weight excluding hydrogens is 352 g/mol. The monoisotopic (exact) mass is 374 g/mol. The Hall–Kier alpha value is -2.72. The van der Waals surface area contributed by atoms with Gasteiger partial charge in [-0.2, -0.15) is 0 Å². The smallest absolute Gasteiger partial charge is 0.263 e. The highest BCUT2D eigenvalue weighted by Gasteiger charge is 2.18. The molecule has 0 radical (unpaired) electrons. The molecule has 4 heteroatoms. The summed E-state index contributed by atoms with van der Waals surface area (Å²) >= 11 is 1.60. The molecule has 0 atom stereocenters. The SMILES string of the molecule is Cc1cccc(Cn2cnc3sc(C)c(-c4cc(C)ccc4C)c3c2=O)c1. The van der Waals surface area contributed by atoms with E-state index in [-0.39, 0.29) is 5.56 Å². The molecule has 0 saturated carbocycles. The van der Waals surface area contributed by atoms with Gasteiger partial charge in [-0.15, -0.1) is 11.3 Å². The van der Waals surface area contributed by atoms with Crippen molar-refractivity contribution in [3.8, 4) is 11.1 Å². The number of rotatable bonds is 3. The second kappa shape index (κ2) is 6.78. The Balaban J connectivity index is 1.92. The van der Waals surface area contributed by atoms with Gasteiger partial charge in [0.15, 0.2) is 0 Å². The van der Waals surface area contributed by atoms with Crippen LogP contribution < -0.4 is 5.56 Å². The summed E-state index contributed by atoms with van der Waals surface area (Å²) in [5.41, 5.74) is 6.87. The van der Waals surface area contributed by atoms with Gasteiger partial charge in [-0.05, 0) is 44.4 Å². The van der Waals surface area contributed by atoms with Gasteiger partial charge in [0.05, 0.1) is 18.3 Å². The minimum atomic E-state index is 0.0294. The molecule has 0 fully saturated rings. The fourth-order valence-corrected chi connectivity index (χ4v) is 4.58. The molecule has 2 aromatic heterocycles. The number of aryl methyl sites for hydroxylation is 4. The summed E-state index contributed by atoms with van der Waals surface area (Å²) in [5, 5.41) is 0.737. The third-order valence-corrected chi connectivity index (χ3v) is 5.97. The molecule has 0 N–H and O–H groups in total. The number of aromatic nitrogens is 2. The van der Waals surface area contributed by atoms with Crippen LogP contribution in [0.15, 0.2) is 53.6 Å². The molecule has 0 aliphatic heterocycles. The molecule has 0 aliphatic carbocycles. The topological polar surface area (TPSA) is 34.9 Å². The van der Waals surface area contributed by atoms with E-state index < -0.39 is 0 Å². The summed E-state index contributed by atoms with van der Waals surface area (Å²) in [6.45, 7) is 8.85. The molecule has 4 aromatic rings. The molecule has 3 nitrogen and oxygen atoms in total. The Morgan fingerprint density at radius 3 is 2.56 bits per heavy atom. The third kappa shape index (κ3) is 3.21. The zero-order valence-electron chi connectivity index (χ0n) is 16.0. The summed E-state index contributed by atoms with van der Waals surface area (Å²) < 4.78 is 1.72. The first-order valence-electron chi connectivity index (χ1n) is 9.06. The molecule has 4 rings (SSSR count). The van der Waals surface area contributed by atoms with Crippen LogP contribution in [0.2, 0.25) is 0 Å². The van der Waals surface area contributed by atoms with Crippen LogP contribution in [0.3, 0.4) is 0 Å². The van der Waals surface area contributed by atoms with Gasteiger partial charge in [0.2, 0.25) is 0 Å². The quantitative estimate of drug-likeness (QED) is 0.481. The lowest BCUT2D eigenvalue weighted by molar-refractivity contribution is 0.749. The van der Waals surface area contributed by atoms with Crippen molar-refractivity contribution >= 4 is 21.6 Å². The predicted octanol–water partition coefficient (Wildman–Crippen LogP) is 5.41. The van der Waals surface area contributed by atoms with E-state index in [0.29, 0.717) is 6.54 Å². The highest BCUT2D eigenvalue weighted by molar-refractivity contribution is 7.19. The van der Waals surface area contributed by atoms with Crippen molar-refractivity contribution in [2.75, 3.05) is 0 Å². The minimum absolute atomic E-state index is 0.0294. The molecule has 27 heavy (non-hydrogen) atoms. The van der Waals surface area contributed by atoms with Gasteiger partial charge in [0.1, 0.15) is 4.83 Å². The molecule has 2 aromatic carbocycles. The second-order valence-electron chi connectivity index (χ2n) is 7.20. The number of hydrogen-bond donors (Lipinski definition) is 0. The van der Waals surface area contributed by atoms with Crippen LogP contribution in [0.1, 0.15) is 27.1 Å². The Bertz CT molecular complexity index is 1220. The lowest BCUT2D eigenvalue weighted by Gasteiger charge is -2.10. The maximum Gasteiger partial charge on any atom is 0.263 e. The second-order valence-corrected chi connectivity index (χ2v) is 8.40. The Kier molecular flexibility index (Phi) is 4.44. The van der Waals surface area contributed by atoms with Crippen LogP contribution in [0.25, 0.3) is 21.3 Å². The molecule has 0 bridgehead atoms. The van der Waals surface area contributed by atoms with Crippen LogP contribution in [-0.4, -0.2) is 9.55 Å². The number of nitrogens with zero attached hydrogens (tertiary/aromatic N) is 2. The summed E-state index contributed by atoms with van der Waals surface area (Å²) in [6.07, 6.45) is 1.68. The molecule has 2 heterocycles. The van der Waals surface area contributed by atoms with Crippen LogP contribution in [-0.2, 0) is 6.54 Å². The van der Waals surface area contributed by atoms with Crippen molar-refractivity contribution in [3.05, 3.63) is 86.3 Å². The van der Waals surface area contributed by atoms with Crippen molar-refractivity contribution in [1.82, 2.24) is 9.55 Å². The number of benzene rings is 2. The fourth-order valence-electron chi connectivity index (χ4n) is 3.59. The first kappa shape index (κ1) is 17.7. The summed E-state index contributed by atoms with van der Waals surface area (Å²) in [5.74, 6) is 0. The van der Waals surface area contributed by atoms with Gasteiger partial charge in [0, 0.05) is 10.4 Å². The van der Waals surface area contributed by atoms with E-state index in [1.54, 1.807) is 22.2 Å². The summed E-state index contributed by atoms with van der Waals surface area (Å²) in [6, 6.07) is 14.6. The Morgan fingerprint density at radius 1 is 1.00 bits per heavy atom. The van der Waals surface area contributed by atoms with E-state index >= 15 is 0 Å². The average molecular weight is 375 g/mol. The maximum atomic E-state index is 13.4. The number of thiophene rings is 1. The molecular formula is C23H22N2OS. The Labute approximate surface area is 163 Å². The van der Waals surface area contributed by atoms with Crippen molar-refractivity contribution in [1.29, 1.82) is 0 Å². The fraction of sp³-hybridized carbons (Fsp3) is 0.217. The normalized spacial score (nSPS) is 11.3. The zero-order chi connectivity index (χ0) is 19.1. The van der Waals surface area contributed by atoms with Gasteiger partial charge >= 0.3 is 0 Å². The predicted molar refractivity (Wildman–Crippen MR) is 114 cm³/mol. The lowest BCUT2D eigenvalue weighted by atomic mass is 9.97. The highest BCUT2D eigenvalue weighted by atomic mass is 32.1. The van der Waals surface area contributed by atoms with Crippen molar-refractivity contribution in [2.45, 2.75) is 34.2 Å². The molecule has 136 valence electrons. The number of hydrogen-bond acceptors (Lipinski definition) is 3. The lowest BCUT2D eigenvalue weighted by Crippen LogP contribution is -2.21. The maximum absolute atomic E-state index is 13.4. The Morgan fingerprint density at radius 2 is 1.78 bits per heavy atom. The molecule has 0 saturated heterocycles. The average Bonchev–Trinajstić information content (AvgIpc) is 2.96. The van der Waals surface area contributed by atoms with Gasteiger partial charge in [-0.25, -0.2) is 4.98 Å². The standard InChI is InChI=1S/C23H22N2OS/c1-14-6-5-7-18(10-14)12-25-13-24-22-21(23(25)26)20(17(4)27-22)19-11-15(2)8-9-16(19)3/h5-11,13H,12H2,1-4H3. The van der Waals surface area contributed by atoms with E-state index in [1.165, 1.54) is 16.7 Å². The van der Waals surface area contributed by atoms with E-state index in [2.05, 4.69) is 63.0 Å². The highest BCUT2D eigenvalue weighted by Crippen LogP contribution is 2.37. The van der Waals surface area contributed by atoms with Crippen molar-refractivity contribution in [2.24, 2.45) is 0 Å². The largest absolute Gasteiger partial charge is 0.294 e.